The lowest BCUT2D eigenvalue weighted by Gasteiger charge is -2.19. The topological polar surface area (TPSA) is 52.6 Å². The van der Waals surface area contributed by atoms with Crippen molar-refractivity contribution < 1.29 is 19.1 Å². The Bertz CT molecular complexity index is 318. The van der Waals surface area contributed by atoms with Gasteiger partial charge in [-0.15, -0.1) is 0 Å². The molecule has 4 nitrogen and oxygen atoms in total. The van der Waals surface area contributed by atoms with Crippen LogP contribution in [0.2, 0.25) is 0 Å². The summed E-state index contributed by atoms with van der Waals surface area (Å²) in [6.07, 6.45) is 8.87. The van der Waals surface area contributed by atoms with Crippen LogP contribution in [0.25, 0.3) is 0 Å². The van der Waals surface area contributed by atoms with Crippen LogP contribution in [0, 0.1) is 5.92 Å². The minimum absolute atomic E-state index is 0.0822. The van der Waals surface area contributed by atoms with E-state index in [0.29, 0.717) is 19.1 Å². The van der Waals surface area contributed by atoms with Gasteiger partial charge in [0.05, 0.1) is 13.2 Å². The molecule has 0 heterocycles. The number of carbonyl (C=O) groups excluding carboxylic acids is 2. The van der Waals surface area contributed by atoms with Crippen molar-refractivity contribution in [2.45, 2.75) is 58.8 Å². The molecule has 0 aromatic carbocycles. The van der Waals surface area contributed by atoms with Crippen LogP contribution < -0.4 is 0 Å². The summed E-state index contributed by atoms with van der Waals surface area (Å²) in [6.45, 7) is 4.52. The number of rotatable bonds is 7. The lowest BCUT2D eigenvalue weighted by molar-refractivity contribution is -0.147. The first-order chi connectivity index (χ1) is 9.69. The molecule has 0 amide bonds. The summed E-state index contributed by atoms with van der Waals surface area (Å²) < 4.78 is 10.2. The Morgan fingerprint density at radius 2 is 1.45 bits per heavy atom. The van der Waals surface area contributed by atoms with E-state index in [1.54, 1.807) is 6.08 Å². The second-order valence-electron chi connectivity index (χ2n) is 5.25. The molecular formula is C16H26O4. The van der Waals surface area contributed by atoms with Crippen LogP contribution in [-0.2, 0) is 19.1 Å². The first-order valence-electron chi connectivity index (χ1n) is 7.75. The van der Waals surface area contributed by atoms with Crippen LogP contribution in [0.5, 0.6) is 0 Å². The van der Waals surface area contributed by atoms with Gasteiger partial charge in [0.1, 0.15) is 5.57 Å². The summed E-state index contributed by atoms with van der Waals surface area (Å²) in [5, 5.41) is 0. The third-order valence-electron chi connectivity index (χ3n) is 3.37. The molecule has 4 heteroatoms. The molecule has 1 fully saturated rings. The average Bonchev–Trinajstić information content (AvgIpc) is 2.48. The molecule has 0 aliphatic heterocycles. The molecule has 20 heavy (non-hydrogen) atoms. The van der Waals surface area contributed by atoms with Gasteiger partial charge in [0.25, 0.3) is 0 Å². The van der Waals surface area contributed by atoms with Crippen LogP contribution >= 0.6 is 0 Å². The fourth-order valence-electron chi connectivity index (χ4n) is 2.30. The molecule has 0 spiro atoms. The van der Waals surface area contributed by atoms with Gasteiger partial charge >= 0.3 is 11.9 Å². The SMILES string of the molecule is CCCOC(=O)C(=CC1CCCCC1)C(=O)OCCC. The second-order valence-corrected chi connectivity index (χ2v) is 5.25. The van der Waals surface area contributed by atoms with Gasteiger partial charge in [-0.2, -0.15) is 0 Å². The quantitative estimate of drug-likeness (QED) is 0.311. The summed E-state index contributed by atoms with van der Waals surface area (Å²) in [4.78, 5) is 24.0. The van der Waals surface area contributed by atoms with Crippen molar-refractivity contribution in [3.63, 3.8) is 0 Å². The highest BCUT2D eigenvalue weighted by Crippen LogP contribution is 2.26. The highest BCUT2D eigenvalue weighted by atomic mass is 16.6. The fourth-order valence-corrected chi connectivity index (χ4v) is 2.30. The predicted molar refractivity (Wildman–Crippen MR) is 77.2 cm³/mol. The van der Waals surface area contributed by atoms with Crippen LogP contribution in [0.3, 0.4) is 0 Å². The molecule has 1 rings (SSSR count). The molecule has 0 bridgehead atoms. The number of carbonyl (C=O) groups is 2. The van der Waals surface area contributed by atoms with Gasteiger partial charge in [-0.1, -0.05) is 39.2 Å². The molecule has 1 saturated carbocycles. The van der Waals surface area contributed by atoms with Crippen LogP contribution in [0.15, 0.2) is 11.6 Å². The van der Waals surface area contributed by atoms with E-state index in [1.165, 1.54) is 6.42 Å². The van der Waals surface area contributed by atoms with Gasteiger partial charge in [0.2, 0.25) is 0 Å². The van der Waals surface area contributed by atoms with Crippen molar-refractivity contribution in [3.05, 3.63) is 11.6 Å². The van der Waals surface area contributed by atoms with E-state index in [1.807, 2.05) is 13.8 Å². The van der Waals surface area contributed by atoms with Crippen molar-refractivity contribution in [1.29, 1.82) is 0 Å². The molecule has 1 aliphatic rings. The number of hydrogen-bond donors (Lipinski definition) is 0. The summed E-state index contributed by atoms with van der Waals surface area (Å²) in [5.74, 6) is -0.792. The van der Waals surface area contributed by atoms with Crippen LogP contribution in [-0.4, -0.2) is 25.2 Å². The zero-order chi connectivity index (χ0) is 14.8. The minimum atomic E-state index is -0.543. The summed E-state index contributed by atoms with van der Waals surface area (Å²) >= 11 is 0. The van der Waals surface area contributed by atoms with Gasteiger partial charge in [-0.3, -0.25) is 0 Å². The highest BCUT2D eigenvalue weighted by molar-refractivity contribution is 6.14. The first kappa shape index (κ1) is 16.7. The number of ether oxygens (including phenoxy) is 2. The van der Waals surface area contributed by atoms with E-state index in [0.717, 1.165) is 38.5 Å². The van der Waals surface area contributed by atoms with E-state index >= 15 is 0 Å². The maximum atomic E-state index is 12.0. The van der Waals surface area contributed by atoms with E-state index in [4.69, 9.17) is 9.47 Å². The Morgan fingerprint density at radius 1 is 0.950 bits per heavy atom. The molecule has 0 saturated heterocycles. The zero-order valence-corrected chi connectivity index (χ0v) is 12.7. The average molecular weight is 282 g/mol. The van der Waals surface area contributed by atoms with Gasteiger partial charge in [-0.05, 0) is 31.6 Å². The molecule has 0 aromatic heterocycles. The van der Waals surface area contributed by atoms with Crippen molar-refractivity contribution in [1.82, 2.24) is 0 Å². The number of allylic oxidation sites excluding steroid dienone is 1. The van der Waals surface area contributed by atoms with E-state index in [2.05, 4.69) is 0 Å². The Morgan fingerprint density at radius 3 is 1.90 bits per heavy atom. The smallest absolute Gasteiger partial charge is 0.345 e. The van der Waals surface area contributed by atoms with Gasteiger partial charge in [-0.25, -0.2) is 9.59 Å². The van der Waals surface area contributed by atoms with E-state index in [-0.39, 0.29) is 5.57 Å². The van der Waals surface area contributed by atoms with Gasteiger partial charge in [0, 0.05) is 0 Å². The molecule has 0 radical (unpaired) electrons. The maximum Gasteiger partial charge on any atom is 0.345 e. The molecule has 0 N–H and O–H groups in total. The third kappa shape index (κ3) is 5.76. The lowest BCUT2D eigenvalue weighted by Crippen LogP contribution is -2.20. The Labute approximate surface area is 121 Å². The van der Waals surface area contributed by atoms with Gasteiger partial charge in [0.15, 0.2) is 0 Å². The molecular weight excluding hydrogens is 256 g/mol. The Hall–Kier alpha value is -1.32. The second kappa shape index (κ2) is 9.56. The first-order valence-corrected chi connectivity index (χ1v) is 7.75. The summed E-state index contributed by atoms with van der Waals surface area (Å²) in [5.41, 5.74) is 0.0822. The third-order valence-corrected chi connectivity index (χ3v) is 3.37. The zero-order valence-electron chi connectivity index (χ0n) is 12.7. The van der Waals surface area contributed by atoms with Crippen LogP contribution in [0.4, 0.5) is 0 Å². The van der Waals surface area contributed by atoms with Crippen molar-refractivity contribution in [3.8, 4) is 0 Å². The standard InChI is InChI=1S/C16H26O4/c1-3-10-19-15(17)14(16(18)20-11-4-2)12-13-8-6-5-7-9-13/h12-13H,3-11H2,1-2H3. The number of esters is 2. The molecule has 0 aromatic rings. The largest absolute Gasteiger partial charge is 0.462 e. The van der Waals surface area contributed by atoms with Crippen molar-refractivity contribution in [2.24, 2.45) is 5.92 Å². The van der Waals surface area contributed by atoms with Gasteiger partial charge < -0.3 is 9.47 Å². The van der Waals surface area contributed by atoms with E-state index < -0.39 is 11.9 Å². The molecule has 0 atom stereocenters. The Balaban J connectivity index is 2.73. The predicted octanol–water partition coefficient (Wildman–Crippen LogP) is 3.40. The van der Waals surface area contributed by atoms with E-state index in [9.17, 15) is 9.59 Å². The normalized spacial score (nSPS) is 15.5. The fraction of sp³-hybridized carbons (Fsp3) is 0.750. The number of hydrogen-bond acceptors (Lipinski definition) is 4. The molecule has 0 unspecified atom stereocenters. The maximum absolute atomic E-state index is 12.0. The monoisotopic (exact) mass is 282 g/mol. The lowest BCUT2D eigenvalue weighted by atomic mass is 9.88. The van der Waals surface area contributed by atoms with Crippen molar-refractivity contribution in [2.75, 3.05) is 13.2 Å². The summed E-state index contributed by atoms with van der Waals surface area (Å²) in [6, 6.07) is 0. The molecule has 114 valence electrons. The Kier molecular flexibility index (Phi) is 8.00. The van der Waals surface area contributed by atoms with Crippen LogP contribution in [0.1, 0.15) is 58.8 Å². The summed E-state index contributed by atoms with van der Waals surface area (Å²) in [7, 11) is 0. The molecule has 1 aliphatic carbocycles. The highest BCUT2D eigenvalue weighted by Gasteiger charge is 2.23. The van der Waals surface area contributed by atoms with Crippen molar-refractivity contribution >= 4 is 11.9 Å². The minimum Gasteiger partial charge on any atom is -0.462 e.